The second-order valence-corrected chi connectivity index (χ2v) is 9.13. The lowest BCUT2D eigenvalue weighted by Crippen LogP contribution is -2.45. The summed E-state index contributed by atoms with van der Waals surface area (Å²) in [6.45, 7) is 3.77. The molecular weight excluding hydrogens is 411 g/mol. The highest BCUT2D eigenvalue weighted by Crippen LogP contribution is 2.37. The van der Waals surface area contributed by atoms with Crippen LogP contribution in [0.4, 0.5) is 0 Å². The van der Waals surface area contributed by atoms with Crippen molar-refractivity contribution in [2.45, 2.75) is 44.2 Å². The summed E-state index contributed by atoms with van der Waals surface area (Å²) < 4.78 is 33.0. The van der Waals surface area contributed by atoms with Gasteiger partial charge in [0, 0.05) is 11.6 Å². The fourth-order valence-corrected chi connectivity index (χ4v) is 6.06. The van der Waals surface area contributed by atoms with E-state index in [-0.39, 0.29) is 28.9 Å². The number of nitrogens with one attached hydrogen (secondary N) is 1. The SMILES string of the molecule is Cc1cc(Cl)c(C)c(S(=O)(=O)N2CCC[C@H]2C(=O)NCc2ccco2)c1Cl. The molecule has 1 N–H and O–H groups in total. The minimum atomic E-state index is -3.98. The molecule has 0 spiro atoms. The van der Waals surface area contributed by atoms with Gasteiger partial charge < -0.3 is 9.73 Å². The Kier molecular flexibility index (Phi) is 5.86. The minimum Gasteiger partial charge on any atom is -0.467 e. The summed E-state index contributed by atoms with van der Waals surface area (Å²) in [5.41, 5.74) is 0.956. The largest absolute Gasteiger partial charge is 0.467 e. The van der Waals surface area contributed by atoms with Crippen LogP contribution in [-0.2, 0) is 21.4 Å². The molecule has 1 amide bonds. The van der Waals surface area contributed by atoms with Crippen molar-refractivity contribution in [3.63, 3.8) is 0 Å². The van der Waals surface area contributed by atoms with Crippen LogP contribution in [0.25, 0.3) is 0 Å². The smallest absolute Gasteiger partial charge is 0.245 e. The third kappa shape index (κ3) is 3.87. The van der Waals surface area contributed by atoms with Crippen molar-refractivity contribution in [3.05, 3.63) is 51.4 Å². The van der Waals surface area contributed by atoms with Gasteiger partial charge in [-0.3, -0.25) is 4.79 Å². The van der Waals surface area contributed by atoms with Crippen LogP contribution in [0.2, 0.25) is 10.0 Å². The van der Waals surface area contributed by atoms with Crippen molar-refractivity contribution < 1.29 is 17.6 Å². The Hall–Kier alpha value is -1.54. The first-order valence-electron chi connectivity index (χ1n) is 8.50. The molecule has 1 aliphatic rings. The number of amides is 1. The van der Waals surface area contributed by atoms with Crippen LogP contribution in [0.5, 0.6) is 0 Å². The van der Waals surface area contributed by atoms with Crippen LogP contribution in [0, 0.1) is 13.8 Å². The lowest BCUT2D eigenvalue weighted by Gasteiger charge is -2.25. The van der Waals surface area contributed by atoms with E-state index in [9.17, 15) is 13.2 Å². The van der Waals surface area contributed by atoms with Gasteiger partial charge in [0.25, 0.3) is 0 Å². The first kappa shape index (κ1) is 20.2. The highest BCUT2D eigenvalue weighted by Gasteiger charge is 2.41. The van der Waals surface area contributed by atoms with Crippen molar-refractivity contribution in [2.24, 2.45) is 0 Å². The second kappa shape index (κ2) is 7.83. The monoisotopic (exact) mass is 430 g/mol. The quantitative estimate of drug-likeness (QED) is 0.784. The Morgan fingerprint density at radius 1 is 1.37 bits per heavy atom. The van der Waals surface area contributed by atoms with Crippen LogP contribution in [-0.4, -0.2) is 31.2 Å². The summed E-state index contributed by atoms with van der Waals surface area (Å²) in [4.78, 5) is 12.6. The summed E-state index contributed by atoms with van der Waals surface area (Å²) in [6, 6.07) is 4.30. The minimum absolute atomic E-state index is 0.0279. The number of carbonyl (C=O) groups excluding carboxylic acids is 1. The van der Waals surface area contributed by atoms with E-state index in [0.29, 0.717) is 34.8 Å². The van der Waals surface area contributed by atoms with Crippen molar-refractivity contribution >= 4 is 39.1 Å². The summed E-state index contributed by atoms with van der Waals surface area (Å²) in [5.74, 6) is 0.236. The molecule has 1 atom stereocenters. The number of halogens is 2. The Morgan fingerprint density at radius 2 is 2.11 bits per heavy atom. The number of carbonyl (C=O) groups is 1. The van der Waals surface area contributed by atoms with E-state index in [0.717, 1.165) is 0 Å². The van der Waals surface area contributed by atoms with Gasteiger partial charge in [-0.15, -0.1) is 0 Å². The average Bonchev–Trinajstić information content (AvgIpc) is 3.29. The van der Waals surface area contributed by atoms with E-state index < -0.39 is 16.1 Å². The van der Waals surface area contributed by atoms with E-state index in [2.05, 4.69) is 5.32 Å². The Morgan fingerprint density at radius 3 is 2.78 bits per heavy atom. The number of aryl methyl sites for hydroxylation is 1. The molecule has 1 aromatic carbocycles. The highest BCUT2D eigenvalue weighted by molar-refractivity contribution is 7.89. The number of benzene rings is 1. The molecule has 0 aliphatic carbocycles. The molecule has 2 aromatic rings. The van der Waals surface area contributed by atoms with Crippen molar-refractivity contribution in [1.82, 2.24) is 9.62 Å². The first-order chi connectivity index (χ1) is 12.7. The molecule has 1 aromatic heterocycles. The van der Waals surface area contributed by atoms with Crippen LogP contribution < -0.4 is 5.32 Å². The van der Waals surface area contributed by atoms with E-state index >= 15 is 0 Å². The number of hydrogen-bond acceptors (Lipinski definition) is 4. The molecule has 27 heavy (non-hydrogen) atoms. The Balaban J connectivity index is 1.89. The zero-order valence-electron chi connectivity index (χ0n) is 15.0. The van der Waals surface area contributed by atoms with E-state index in [1.54, 1.807) is 32.0 Å². The summed E-state index contributed by atoms with van der Waals surface area (Å²) in [6.07, 6.45) is 2.55. The molecule has 0 saturated carbocycles. The fourth-order valence-electron chi connectivity index (χ4n) is 3.23. The molecule has 1 aliphatic heterocycles. The van der Waals surface area contributed by atoms with E-state index in [1.165, 1.54) is 10.6 Å². The highest BCUT2D eigenvalue weighted by atomic mass is 35.5. The number of hydrogen-bond donors (Lipinski definition) is 1. The van der Waals surface area contributed by atoms with Gasteiger partial charge in [-0.1, -0.05) is 23.2 Å². The van der Waals surface area contributed by atoms with Gasteiger partial charge in [0.1, 0.15) is 16.7 Å². The Labute approximate surface area is 168 Å². The second-order valence-electron chi connectivity index (χ2n) is 6.51. The summed E-state index contributed by atoms with van der Waals surface area (Å²) >= 11 is 12.5. The van der Waals surface area contributed by atoms with Gasteiger partial charge in [0.2, 0.25) is 15.9 Å². The molecule has 146 valence electrons. The molecule has 0 unspecified atom stereocenters. The predicted molar refractivity (Wildman–Crippen MR) is 103 cm³/mol. The fraction of sp³-hybridized carbons (Fsp3) is 0.389. The standard InChI is InChI=1S/C18H20Cl2N2O4S/c1-11-9-14(19)12(2)17(16(11)20)27(24,25)22-7-3-6-15(22)18(23)21-10-13-5-4-8-26-13/h4-5,8-9,15H,3,6-7,10H2,1-2H3,(H,21,23)/t15-/m0/s1. The zero-order valence-corrected chi connectivity index (χ0v) is 17.3. The zero-order chi connectivity index (χ0) is 19.8. The summed E-state index contributed by atoms with van der Waals surface area (Å²) in [7, 11) is -3.98. The van der Waals surface area contributed by atoms with E-state index in [1.807, 2.05) is 0 Å². The van der Waals surface area contributed by atoms with Crippen LogP contribution in [0.15, 0.2) is 33.8 Å². The average molecular weight is 431 g/mol. The topological polar surface area (TPSA) is 79.6 Å². The number of sulfonamides is 1. The van der Waals surface area contributed by atoms with Gasteiger partial charge in [0.05, 0.1) is 17.8 Å². The predicted octanol–water partition coefficient (Wildman–Crippen LogP) is 3.67. The van der Waals surface area contributed by atoms with Gasteiger partial charge in [0.15, 0.2) is 0 Å². The van der Waals surface area contributed by atoms with Crippen LogP contribution in [0.1, 0.15) is 29.7 Å². The number of rotatable bonds is 5. The molecular formula is C18H20Cl2N2O4S. The van der Waals surface area contributed by atoms with Crippen molar-refractivity contribution in [1.29, 1.82) is 0 Å². The number of nitrogens with zero attached hydrogens (tertiary/aromatic N) is 1. The molecule has 1 fully saturated rings. The normalized spacial score (nSPS) is 18.0. The molecule has 6 nitrogen and oxygen atoms in total. The summed E-state index contributed by atoms with van der Waals surface area (Å²) in [5, 5.41) is 3.20. The maximum absolute atomic E-state index is 13.3. The molecule has 3 rings (SSSR count). The number of furan rings is 1. The first-order valence-corrected chi connectivity index (χ1v) is 10.7. The molecule has 0 bridgehead atoms. The maximum Gasteiger partial charge on any atom is 0.245 e. The lowest BCUT2D eigenvalue weighted by molar-refractivity contribution is -0.124. The van der Waals surface area contributed by atoms with Crippen LogP contribution in [0.3, 0.4) is 0 Å². The van der Waals surface area contributed by atoms with Crippen LogP contribution >= 0.6 is 23.2 Å². The van der Waals surface area contributed by atoms with Crippen molar-refractivity contribution in [3.8, 4) is 0 Å². The Bertz CT molecular complexity index is 932. The molecule has 1 saturated heterocycles. The lowest BCUT2D eigenvalue weighted by atomic mass is 10.2. The third-order valence-electron chi connectivity index (χ3n) is 4.68. The van der Waals surface area contributed by atoms with Gasteiger partial charge in [-0.05, 0) is 56.0 Å². The maximum atomic E-state index is 13.3. The molecule has 0 radical (unpaired) electrons. The molecule has 2 heterocycles. The third-order valence-corrected chi connectivity index (χ3v) is 7.75. The van der Waals surface area contributed by atoms with E-state index in [4.69, 9.17) is 27.6 Å². The van der Waals surface area contributed by atoms with Gasteiger partial charge in [-0.25, -0.2) is 8.42 Å². The van der Waals surface area contributed by atoms with Gasteiger partial charge in [-0.2, -0.15) is 4.31 Å². The van der Waals surface area contributed by atoms with Gasteiger partial charge >= 0.3 is 0 Å². The molecule has 9 heteroatoms. The van der Waals surface area contributed by atoms with Crippen molar-refractivity contribution in [2.75, 3.05) is 6.54 Å².